The van der Waals surface area contributed by atoms with E-state index in [0.717, 1.165) is 0 Å². The molecule has 0 spiro atoms. The minimum absolute atomic E-state index is 0.370. The van der Waals surface area contributed by atoms with E-state index >= 15 is 0 Å². The molecule has 0 amide bonds. The van der Waals surface area contributed by atoms with Crippen molar-refractivity contribution in [3.8, 4) is 0 Å². The second kappa shape index (κ2) is 10.2. The Morgan fingerprint density at radius 2 is 1.88 bits per heavy atom. The van der Waals surface area contributed by atoms with Crippen molar-refractivity contribution in [2.75, 3.05) is 6.16 Å². The fourth-order valence-corrected chi connectivity index (χ4v) is 0. The second-order valence-corrected chi connectivity index (χ2v) is 2.28. The average Bonchev–Trinajstić information content (AvgIpc) is 1.69. The second-order valence-electron chi connectivity index (χ2n) is 0.760. The lowest BCUT2D eigenvalue weighted by Gasteiger charge is -1.53. The number of hydrogen-bond donors (Lipinski definition) is 2. The highest BCUT2D eigenvalue weighted by Crippen LogP contribution is 2.08. The third-order valence-electron chi connectivity index (χ3n) is 0.271. The lowest BCUT2D eigenvalue weighted by atomic mass is 11.0. The van der Waals surface area contributed by atoms with Gasteiger partial charge in [0, 0.05) is 0 Å². The first-order chi connectivity index (χ1) is 3.68. The Balaban J connectivity index is 0. The Bertz CT molecular complexity index is 72.4. The minimum atomic E-state index is -1.85. The van der Waals surface area contributed by atoms with E-state index in [1.165, 1.54) is 0 Å². The molecule has 0 aromatic heterocycles. The largest absolute Gasteiger partial charge is 0.505 e. The standard InChI is InChI=1S/C2H5O2P.HO2P/c1-2-5(3)4;1-3-2/h2H2,1H3;3H/p+2. The van der Waals surface area contributed by atoms with E-state index in [9.17, 15) is 4.57 Å². The Hall–Kier alpha value is 0.120. The predicted molar refractivity (Wildman–Crippen MR) is 31.6 cm³/mol. The molecule has 0 saturated heterocycles. The molecule has 0 fully saturated rings. The molecule has 0 heterocycles. The third-order valence-corrected chi connectivity index (χ3v) is 0.812. The van der Waals surface area contributed by atoms with Gasteiger partial charge in [-0.25, -0.2) is 0 Å². The summed E-state index contributed by atoms with van der Waals surface area (Å²) in [5.74, 6) is 0. The zero-order valence-electron chi connectivity index (χ0n) is 4.37. The maximum absolute atomic E-state index is 9.52. The minimum Gasteiger partial charge on any atom is -0.162 e. The fraction of sp³-hybridized carbons (Fsp3) is 1.00. The van der Waals surface area contributed by atoms with Crippen molar-refractivity contribution in [1.82, 2.24) is 0 Å². The van der Waals surface area contributed by atoms with E-state index < -0.39 is 16.7 Å². The van der Waals surface area contributed by atoms with Crippen LogP contribution in [0.5, 0.6) is 0 Å². The normalized spacial score (nSPS) is 9.62. The van der Waals surface area contributed by atoms with Crippen molar-refractivity contribution in [2.24, 2.45) is 0 Å². The van der Waals surface area contributed by atoms with Crippen LogP contribution in [0, 0.1) is 0 Å². The number of rotatable bonds is 1. The molecule has 0 rings (SSSR count). The van der Waals surface area contributed by atoms with Gasteiger partial charge in [-0.1, -0.05) is 0 Å². The van der Waals surface area contributed by atoms with E-state index in [2.05, 4.69) is 0 Å². The topological polar surface area (TPSA) is 74.6 Å². The molecule has 48 valence electrons. The van der Waals surface area contributed by atoms with Crippen molar-refractivity contribution >= 4 is 16.7 Å². The smallest absolute Gasteiger partial charge is 0.162 e. The van der Waals surface area contributed by atoms with Crippen molar-refractivity contribution in [1.29, 1.82) is 0 Å². The fourth-order valence-electron chi connectivity index (χ4n) is 0. The van der Waals surface area contributed by atoms with E-state index in [1.54, 1.807) is 6.92 Å². The SMILES string of the molecule is CC[P+](=O)O.O=[PH+]O. The van der Waals surface area contributed by atoms with Gasteiger partial charge in [0.25, 0.3) is 0 Å². The van der Waals surface area contributed by atoms with Crippen molar-refractivity contribution in [3.05, 3.63) is 0 Å². The van der Waals surface area contributed by atoms with Crippen LogP contribution in [-0.2, 0) is 9.13 Å². The maximum Gasteiger partial charge on any atom is 0.505 e. The molecule has 8 heavy (non-hydrogen) atoms. The molecule has 0 aliphatic rings. The zero-order valence-corrected chi connectivity index (χ0v) is 6.26. The maximum atomic E-state index is 9.52. The van der Waals surface area contributed by atoms with Gasteiger partial charge < -0.3 is 0 Å². The molecule has 2 N–H and O–H groups in total. The zero-order chi connectivity index (χ0) is 6.99. The van der Waals surface area contributed by atoms with Crippen LogP contribution in [0.4, 0.5) is 0 Å². The van der Waals surface area contributed by atoms with E-state index in [-0.39, 0.29) is 0 Å². The van der Waals surface area contributed by atoms with Gasteiger partial charge in [0.05, 0.1) is 0 Å². The summed E-state index contributed by atoms with van der Waals surface area (Å²) in [6, 6.07) is 0. The molecule has 0 aromatic carbocycles. The summed E-state index contributed by atoms with van der Waals surface area (Å²) < 4.78 is 18.0. The molecule has 0 aliphatic carbocycles. The van der Waals surface area contributed by atoms with Gasteiger partial charge >= 0.3 is 16.7 Å². The Labute approximate surface area is 49.7 Å². The number of hydrogen-bond acceptors (Lipinski definition) is 2. The van der Waals surface area contributed by atoms with Crippen LogP contribution in [0.3, 0.4) is 0 Å². The molecule has 0 saturated carbocycles. The summed E-state index contributed by atoms with van der Waals surface area (Å²) in [4.78, 5) is 14.9. The highest BCUT2D eigenvalue weighted by molar-refractivity contribution is 7.37. The van der Waals surface area contributed by atoms with E-state index in [0.29, 0.717) is 6.16 Å². The van der Waals surface area contributed by atoms with Gasteiger partial charge in [0.1, 0.15) is 0 Å². The first-order valence-electron chi connectivity index (χ1n) is 1.83. The molecular weight excluding hydrogens is 150 g/mol. The van der Waals surface area contributed by atoms with Crippen LogP contribution < -0.4 is 0 Å². The highest BCUT2D eigenvalue weighted by atomic mass is 31.1. The van der Waals surface area contributed by atoms with Gasteiger partial charge in [-0.15, -0.1) is 0 Å². The van der Waals surface area contributed by atoms with Gasteiger partial charge in [0.2, 0.25) is 0 Å². The van der Waals surface area contributed by atoms with Crippen LogP contribution in [0.2, 0.25) is 0 Å². The lowest BCUT2D eigenvalue weighted by molar-refractivity contribution is 0.504. The summed E-state index contributed by atoms with van der Waals surface area (Å²) in [5, 5.41) is 0. The molecule has 0 aromatic rings. The van der Waals surface area contributed by atoms with Crippen molar-refractivity contribution < 1.29 is 18.9 Å². The first kappa shape index (κ1) is 11.0. The average molecular weight is 158 g/mol. The van der Waals surface area contributed by atoms with Crippen LogP contribution >= 0.6 is 16.7 Å². The van der Waals surface area contributed by atoms with Crippen molar-refractivity contribution in [2.45, 2.75) is 6.92 Å². The molecule has 0 radical (unpaired) electrons. The summed E-state index contributed by atoms with van der Waals surface area (Å²) >= 11 is 0. The van der Waals surface area contributed by atoms with Crippen molar-refractivity contribution in [3.63, 3.8) is 0 Å². The Morgan fingerprint density at radius 1 is 1.75 bits per heavy atom. The molecule has 4 nitrogen and oxygen atoms in total. The van der Waals surface area contributed by atoms with Crippen LogP contribution in [0.1, 0.15) is 6.92 Å². The molecule has 2 unspecified atom stereocenters. The van der Waals surface area contributed by atoms with Crippen LogP contribution in [-0.4, -0.2) is 15.9 Å². The van der Waals surface area contributed by atoms with Gasteiger partial charge in [-0.3, -0.25) is 0 Å². The highest BCUT2D eigenvalue weighted by Gasteiger charge is 1.98. The molecule has 2 atom stereocenters. The van der Waals surface area contributed by atoms with E-state index in [4.69, 9.17) is 14.4 Å². The molecular formula is C2H8O4P2+2. The van der Waals surface area contributed by atoms with Gasteiger partial charge in [-0.2, -0.15) is 9.79 Å². The predicted octanol–water partition coefficient (Wildman–Crippen LogP) is 0.659. The molecule has 0 bridgehead atoms. The summed E-state index contributed by atoms with van der Waals surface area (Å²) in [6.45, 7) is 1.67. The van der Waals surface area contributed by atoms with Crippen LogP contribution in [0.25, 0.3) is 0 Å². The summed E-state index contributed by atoms with van der Waals surface area (Å²) in [5.41, 5.74) is 0. The van der Waals surface area contributed by atoms with E-state index in [1.807, 2.05) is 0 Å². The van der Waals surface area contributed by atoms with Gasteiger partial charge in [0.15, 0.2) is 6.16 Å². The third kappa shape index (κ3) is 35.7. The van der Waals surface area contributed by atoms with Gasteiger partial charge in [-0.05, 0) is 16.1 Å². The summed E-state index contributed by atoms with van der Waals surface area (Å²) in [7, 11) is -3.01. The Morgan fingerprint density at radius 3 is 1.88 bits per heavy atom. The molecule has 0 aliphatic heterocycles. The lowest BCUT2D eigenvalue weighted by Crippen LogP contribution is -1.56. The first-order valence-corrected chi connectivity index (χ1v) is 4.09. The quantitative estimate of drug-likeness (QED) is 0.549. The Kier molecular flexibility index (Phi) is 14.0. The monoisotopic (exact) mass is 158 g/mol. The molecule has 6 heteroatoms. The van der Waals surface area contributed by atoms with Crippen LogP contribution in [0.15, 0.2) is 0 Å². The summed E-state index contributed by atoms with van der Waals surface area (Å²) in [6.07, 6.45) is 0.370.